The van der Waals surface area contributed by atoms with E-state index in [0.717, 1.165) is 59.8 Å². The highest BCUT2D eigenvalue weighted by atomic mass is 32.2. The van der Waals surface area contributed by atoms with E-state index < -0.39 is 40.2 Å². The minimum atomic E-state index is -4.36. The Morgan fingerprint density at radius 1 is 0.800 bits per heavy atom. The maximum absolute atomic E-state index is 15.0. The highest BCUT2D eigenvalue weighted by Gasteiger charge is 2.35. The molecule has 2 amide bonds. The van der Waals surface area contributed by atoms with Gasteiger partial charge in [-0.1, -0.05) is 79.6 Å². The Morgan fingerprint density at radius 3 is 2.04 bits per heavy atom. The first-order chi connectivity index (χ1) is 21.7. The lowest BCUT2D eigenvalue weighted by molar-refractivity contribution is -0.140. The van der Waals surface area contributed by atoms with E-state index in [-0.39, 0.29) is 41.1 Å². The number of nitrogens with one attached hydrogen (secondary N) is 1. The first kappa shape index (κ1) is 31.8. The Kier molecular flexibility index (Phi) is 10.2. The Bertz CT molecular complexity index is 1700. The summed E-state index contributed by atoms with van der Waals surface area (Å²) in [4.78, 5) is 29.4. The minimum absolute atomic E-state index is 0.0409. The summed E-state index contributed by atoms with van der Waals surface area (Å²) in [5.41, 5.74) is 1.18. The molecular weight excluding hydrogens is 596 g/mol. The van der Waals surface area contributed by atoms with Gasteiger partial charge in [-0.15, -0.1) is 0 Å². The molecule has 0 aromatic heterocycles. The predicted molar refractivity (Wildman–Crippen MR) is 169 cm³/mol. The van der Waals surface area contributed by atoms with Crippen LogP contribution >= 0.6 is 0 Å². The van der Waals surface area contributed by atoms with Crippen LogP contribution in [0.1, 0.15) is 36.8 Å². The van der Waals surface area contributed by atoms with Crippen molar-refractivity contribution in [1.82, 2.24) is 10.2 Å². The number of anilines is 1. The van der Waals surface area contributed by atoms with E-state index in [2.05, 4.69) is 5.32 Å². The minimum Gasteiger partial charge on any atom is -0.352 e. The highest BCUT2D eigenvalue weighted by Crippen LogP contribution is 2.26. The second-order valence-corrected chi connectivity index (χ2v) is 13.0. The zero-order valence-corrected chi connectivity index (χ0v) is 25.5. The topological polar surface area (TPSA) is 86.8 Å². The molecule has 0 saturated heterocycles. The smallest absolute Gasteiger partial charge is 0.264 e. The van der Waals surface area contributed by atoms with Crippen molar-refractivity contribution in [3.63, 3.8) is 0 Å². The predicted octanol–water partition coefficient (Wildman–Crippen LogP) is 5.86. The number of benzene rings is 4. The van der Waals surface area contributed by atoms with Crippen molar-refractivity contribution in [3.8, 4) is 0 Å². The average molecular weight is 632 g/mol. The Balaban J connectivity index is 1.56. The first-order valence-electron chi connectivity index (χ1n) is 14.9. The van der Waals surface area contributed by atoms with E-state index in [1.54, 1.807) is 36.4 Å². The van der Waals surface area contributed by atoms with Gasteiger partial charge in [-0.25, -0.2) is 17.2 Å². The number of sulfonamides is 1. The molecule has 0 spiro atoms. The third-order valence-corrected chi connectivity index (χ3v) is 9.78. The number of amides is 2. The van der Waals surface area contributed by atoms with Gasteiger partial charge in [-0.2, -0.15) is 0 Å². The van der Waals surface area contributed by atoms with Gasteiger partial charge < -0.3 is 10.2 Å². The molecule has 45 heavy (non-hydrogen) atoms. The molecule has 0 heterocycles. The van der Waals surface area contributed by atoms with Gasteiger partial charge in [0.25, 0.3) is 10.0 Å². The molecule has 1 saturated carbocycles. The van der Waals surface area contributed by atoms with Crippen molar-refractivity contribution in [1.29, 1.82) is 0 Å². The fourth-order valence-corrected chi connectivity index (χ4v) is 7.00. The molecule has 1 unspecified atom stereocenters. The summed E-state index contributed by atoms with van der Waals surface area (Å²) in [6.45, 7) is -0.944. The molecule has 0 radical (unpaired) electrons. The fourth-order valence-electron chi connectivity index (χ4n) is 5.59. The van der Waals surface area contributed by atoms with Crippen LogP contribution in [0.15, 0.2) is 114 Å². The number of carbonyl (C=O) groups is 2. The summed E-state index contributed by atoms with van der Waals surface area (Å²) < 4.78 is 57.5. The van der Waals surface area contributed by atoms with Gasteiger partial charge in [0.2, 0.25) is 11.8 Å². The second-order valence-electron chi connectivity index (χ2n) is 11.1. The Labute approximate surface area is 262 Å². The van der Waals surface area contributed by atoms with Gasteiger partial charge in [0.05, 0.1) is 10.6 Å². The molecule has 4 aromatic carbocycles. The van der Waals surface area contributed by atoms with Crippen molar-refractivity contribution in [3.05, 3.63) is 132 Å². The number of halogens is 2. The third kappa shape index (κ3) is 7.94. The standard InChI is InChI=1S/C35H35F2N3O4S/c36-28-19-21-31(22-20-28)45(43,44)40(30-16-5-2-6-17-30)25-34(41)39(24-27-13-7-10-18-32(27)37)33(23-26-11-3-1-4-12-26)35(42)38-29-14-8-9-15-29/h1-7,10-13,16-22,29,33H,8-9,14-15,23-25H2,(H,38,42). The number of hydrogen-bond acceptors (Lipinski definition) is 4. The summed E-state index contributed by atoms with van der Waals surface area (Å²) in [6, 6.07) is 26.5. The number of para-hydroxylation sites is 1. The van der Waals surface area contributed by atoms with Crippen LogP contribution in [0.5, 0.6) is 0 Å². The van der Waals surface area contributed by atoms with Crippen LogP contribution in [0.3, 0.4) is 0 Å². The monoisotopic (exact) mass is 631 g/mol. The quantitative estimate of drug-likeness (QED) is 0.212. The van der Waals surface area contributed by atoms with Gasteiger partial charge in [0.1, 0.15) is 24.2 Å². The van der Waals surface area contributed by atoms with E-state index in [0.29, 0.717) is 0 Å². The Hall–Kier alpha value is -4.57. The molecule has 7 nitrogen and oxygen atoms in total. The molecule has 10 heteroatoms. The number of hydrogen-bond donors (Lipinski definition) is 1. The zero-order valence-electron chi connectivity index (χ0n) is 24.7. The molecule has 1 fully saturated rings. The molecule has 0 aliphatic heterocycles. The number of rotatable bonds is 12. The van der Waals surface area contributed by atoms with Crippen LogP contribution in [0.2, 0.25) is 0 Å². The fraction of sp³-hybridized carbons (Fsp3) is 0.257. The summed E-state index contributed by atoms with van der Waals surface area (Å²) in [7, 11) is -4.36. The van der Waals surface area contributed by atoms with Crippen molar-refractivity contribution in [2.24, 2.45) is 0 Å². The van der Waals surface area contributed by atoms with Crippen LogP contribution in [-0.2, 0) is 32.6 Å². The molecule has 5 rings (SSSR count). The molecule has 4 aromatic rings. The maximum atomic E-state index is 15.0. The average Bonchev–Trinajstić information content (AvgIpc) is 3.56. The summed E-state index contributed by atoms with van der Waals surface area (Å²) in [6.07, 6.45) is 3.75. The van der Waals surface area contributed by atoms with Gasteiger partial charge in [-0.05, 0) is 60.9 Å². The van der Waals surface area contributed by atoms with Gasteiger partial charge in [0, 0.05) is 24.6 Å². The van der Waals surface area contributed by atoms with Gasteiger partial charge in [0.15, 0.2) is 0 Å². The number of nitrogens with zero attached hydrogens (tertiary/aromatic N) is 2. The van der Waals surface area contributed by atoms with E-state index in [9.17, 15) is 22.4 Å². The van der Waals surface area contributed by atoms with Crippen molar-refractivity contribution < 1.29 is 26.8 Å². The lowest BCUT2D eigenvalue weighted by Gasteiger charge is -2.34. The normalized spacial score (nSPS) is 14.1. The molecule has 1 atom stereocenters. The lowest BCUT2D eigenvalue weighted by atomic mass is 10.0. The van der Waals surface area contributed by atoms with E-state index in [1.165, 1.54) is 23.1 Å². The van der Waals surface area contributed by atoms with Crippen LogP contribution in [0.25, 0.3) is 0 Å². The van der Waals surface area contributed by atoms with Crippen LogP contribution < -0.4 is 9.62 Å². The van der Waals surface area contributed by atoms with E-state index >= 15 is 4.39 Å². The summed E-state index contributed by atoms with van der Waals surface area (Å²) in [5.74, 6) is -2.24. The van der Waals surface area contributed by atoms with Crippen molar-refractivity contribution in [2.75, 3.05) is 10.8 Å². The molecule has 0 bridgehead atoms. The molecule has 234 valence electrons. The van der Waals surface area contributed by atoms with Gasteiger partial charge in [-0.3, -0.25) is 13.9 Å². The second kappa shape index (κ2) is 14.5. The van der Waals surface area contributed by atoms with Crippen LogP contribution in [0.4, 0.5) is 14.5 Å². The van der Waals surface area contributed by atoms with Crippen molar-refractivity contribution in [2.45, 2.75) is 55.6 Å². The van der Waals surface area contributed by atoms with Gasteiger partial charge >= 0.3 is 0 Å². The van der Waals surface area contributed by atoms with Crippen LogP contribution in [-0.4, -0.2) is 43.8 Å². The molecule has 1 N–H and O–H groups in total. The maximum Gasteiger partial charge on any atom is 0.264 e. The third-order valence-electron chi connectivity index (χ3n) is 8.00. The summed E-state index contributed by atoms with van der Waals surface area (Å²) >= 11 is 0. The largest absolute Gasteiger partial charge is 0.352 e. The molecule has 1 aliphatic carbocycles. The summed E-state index contributed by atoms with van der Waals surface area (Å²) in [5, 5.41) is 3.09. The number of carbonyl (C=O) groups excluding carboxylic acids is 2. The van der Waals surface area contributed by atoms with E-state index in [4.69, 9.17) is 0 Å². The zero-order chi connectivity index (χ0) is 31.8. The SMILES string of the molecule is O=C(NC1CCCC1)C(Cc1ccccc1)N(Cc1ccccc1F)C(=O)CN(c1ccccc1)S(=O)(=O)c1ccc(F)cc1. The first-order valence-corrected chi connectivity index (χ1v) is 16.4. The van der Waals surface area contributed by atoms with Crippen molar-refractivity contribution >= 4 is 27.5 Å². The van der Waals surface area contributed by atoms with Crippen LogP contribution in [0, 0.1) is 11.6 Å². The van der Waals surface area contributed by atoms with E-state index in [1.807, 2.05) is 30.3 Å². The lowest BCUT2D eigenvalue weighted by Crippen LogP contribution is -2.54. The Morgan fingerprint density at radius 2 is 1.40 bits per heavy atom. The highest BCUT2D eigenvalue weighted by molar-refractivity contribution is 7.92. The molecular formula is C35H35F2N3O4S. The molecule has 1 aliphatic rings.